The van der Waals surface area contributed by atoms with E-state index < -0.39 is 0 Å². The highest BCUT2D eigenvalue weighted by Gasteiger charge is 2.05. The smallest absolute Gasteiger partial charge is 0.123 e. The summed E-state index contributed by atoms with van der Waals surface area (Å²) in [5.41, 5.74) is 3.72. The SMILES string of the molecule is Cc1ccc(NCc2ccn[nH]2)c(C)c1O. The van der Waals surface area contributed by atoms with E-state index >= 15 is 0 Å². The maximum Gasteiger partial charge on any atom is 0.123 e. The van der Waals surface area contributed by atoms with Gasteiger partial charge in [-0.25, -0.2) is 0 Å². The molecule has 0 amide bonds. The zero-order valence-corrected chi connectivity index (χ0v) is 9.41. The first kappa shape index (κ1) is 10.5. The number of aromatic hydroxyl groups is 1. The van der Waals surface area contributed by atoms with E-state index in [-0.39, 0.29) is 0 Å². The Bertz CT molecular complexity index is 477. The molecule has 0 spiro atoms. The summed E-state index contributed by atoms with van der Waals surface area (Å²) >= 11 is 0. The fraction of sp³-hybridized carbons (Fsp3) is 0.250. The minimum Gasteiger partial charge on any atom is -0.507 e. The molecule has 2 rings (SSSR count). The standard InChI is InChI=1S/C12H15N3O/c1-8-3-4-11(9(2)12(8)16)13-7-10-5-6-14-15-10/h3-6,13,16H,7H2,1-2H3,(H,14,15). The fourth-order valence-electron chi connectivity index (χ4n) is 1.60. The van der Waals surface area contributed by atoms with Crippen LogP contribution in [-0.4, -0.2) is 15.3 Å². The van der Waals surface area contributed by atoms with Crippen LogP contribution >= 0.6 is 0 Å². The number of rotatable bonds is 3. The molecule has 3 N–H and O–H groups in total. The second-order valence-corrected chi connectivity index (χ2v) is 3.84. The number of benzene rings is 1. The van der Waals surface area contributed by atoms with Gasteiger partial charge in [0.05, 0.1) is 12.2 Å². The summed E-state index contributed by atoms with van der Waals surface area (Å²) in [6, 6.07) is 5.79. The number of nitrogens with one attached hydrogen (secondary N) is 2. The number of aromatic amines is 1. The van der Waals surface area contributed by atoms with E-state index in [9.17, 15) is 5.11 Å². The predicted molar refractivity (Wildman–Crippen MR) is 63.5 cm³/mol. The largest absolute Gasteiger partial charge is 0.507 e. The zero-order valence-electron chi connectivity index (χ0n) is 9.41. The monoisotopic (exact) mass is 217 g/mol. The van der Waals surface area contributed by atoms with Crippen LogP contribution in [0.4, 0.5) is 5.69 Å². The Morgan fingerprint density at radius 1 is 1.31 bits per heavy atom. The molecule has 0 aliphatic heterocycles. The van der Waals surface area contributed by atoms with Crippen molar-refractivity contribution >= 4 is 5.69 Å². The van der Waals surface area contributed by atoms with Gasteiger partial charge >= 0.3 is 0 Å². The quantitative estimate of drug-likeness (QED) is 0.739. The fourth-order valence-corrected chi connectivity index (χ4v) is 1.60. The number of hydrogen-bond acceptors (Lipinski definition) is 3. The van der Waals surface area contributed by atoms with Gasteiger partial charge in [0.15, 0.2) is 0 Å². The van der Waals surface area contributed by atoms with Gasteiger partial charge in [-0.05, 0) is 31.5 Å². The summed E-state index contributed by atoms with van der Waals surface area (Å²) in [6.45, 7) is 4.46. The van der Waals surface area contributed by atoms with E-state index in [1.165, 1.54) is 0 Å². The molecule has 0 atom stereocenters. The van der Waals surface area contributed by atoms with Gasteiger partial charge in [-0.2, -0.15) is 5.10 Å². The number of aromatic nitrogens is 2. The third kappa shape index (κ3) is 2.00. The average Bonchev–Trinajstić information content (AvgIpc) is 2.78. The third-order valence-electron chi connectivity index (χ3n) is 2.66. The van der Waals surface area contributed by atoms with E-state index in [4.69, 9.17) is 0 Å². The van der Waals surface area contributed by atoms with Crippen molar-refractivity contribution in [3.8, 4) is 5.75 Å². The molecular weight excluding hydrogens is 202 g/mol. The highest BCUT2D eigenvalue weighted by molar-refractivity contribution is 5.59. The Morgan fingerprint density at radius 3 is 2.81 bits per heavy atom. The second kappa shape index (κ2) is 4.26. The molecule has 4 nitrogen and oxygen atoms in total. The van der Waals surface area contributed by atoms with Crippen LogP contribution < -0.4 is 5.32 Å². The normalized spacial score (nSPS) is 10.4. The molecule has 4 heteroatoms. The summed E-state index contributed by atoms with van der Waals surface area (Å²) in [5, 5.41) is 19.8. The van der Waals surface area contributed by atoms with Gasteiger partial charge in [0, 0.05) is 17.4 Å². The van der Waals surface area contributed by atoms with Crippen molar-refractivity contribution in [1.29, 1.82) is 0 Å². The molecule has 84 valence electrons. The van der Waals surface area contributed by atoms with Crippen molar-refractivity contribution < 1.29 is 5.11 Å². The van der Waals surface area contributed by atoms with Gasteiger partial charge in [-0.15, -0.1) is 0 Å². The summed E-state index contributed by atoms with van der Waals surface area (Å²) in [5.74, 6) is 0.356. The van der Waals surface area contributed by atoms with Crippen LogP contribution in [0.25, 0.3) is 0 Å². The molecule has 0 radical (unpaired) electrons. The molecule has 2 aromatic rings. The van der Waals surface area contributed by atoms with Crippen LogP contribution in [0.5, 0.6) is 5.75 Å². The van der Waals surface area contributed by atoms with Gasteiger partial charge in [0.25, 0.3) is 0 Å². The van der Waals surface area contributed by atoms with E-state index in [2.05, 4.69) is 15.5 Å². The van der Waals surface area contributed by atoms with Crippen molar-refractivity contribution in [1.82, 2.24) is 10.2 Å². The van der Waals surface area contributed by atoms with Crippen LogP contribution in [0, 0.1) is 13.8 Å². The topological polar surface area (TPSA) is 60.9 Å². The lowest BCUT2D eigenvalue weighted by Crippen LogP contribution is -2.01. The summed E-state index contributed by atoms with van der Waals surface area (Å²) < 4.78 is 0. The number of phenols is 1. The molecule has 1 aromatic heterocycles. The Kier molecular flexibility index (Phi) is 2.81. The number of aryl methyl sites for hydroxylation is 1. The molecule has 16 heavy (non-hydrogen) atoms. The highest BCUT2D eigenvalue weighted by Crippen LogP contribution is 2.28. The first-order valence-corrected chi connectivity index (χ1v) is 5.20. The first-order valence-electron chi connectivity index (χ1n) is 5.20. The number of hydrogen-bond donors (Lipinski definition) is 3. The van der Waals surface area contributed by atoms with Crippen LogP contribution in [-0.2, 0) is 6.54 Å². The Morgan fingerprint density at radius 2 is 2.12 bits per heavy atom. The maximum atomic E-state index is 9.78. The van der Waals surface area contributed by atoms with Crippen LogP contribution in [0.1, 0.15) is 16.8 Å². The van der Waals surface area contributed by atoms with Crippen LogP contribution in [0.15, 0.2) is 24.4 Å². The van der Waals surface area contributed by atoms with E-state index in [0.717, 1.165) is 22.5 Å². The minimum absolute atomic E-state index is 0.356. The summed E-state index contributed by atoms with van der Waals surface area (Å²) in [4.78, 5) is 0. The number of nitrogens with zero attached hydrogens (tertiary/aromatic N) is 1. The lowest BCUT2D eigenvalue weighted by molar-refractivity contribution is 0.467. The molecule has 0 saturated heterocycles. The summed E-state index contributed by atoms with van der Waals surface area (Å²) in [7, 11) is 0. The minimum atomic E-state index is 0.356. The summed E-state index contributed by atoms with van der Waals surface area (Å²) in [6.07, 6.45) is 1.72. The first-order chi connectivity index (χ1) is 7.68. The van der Waals surface area contributed by atoms with Gasteiger partial charge in [-0.1, -0.05) is 6.07 Å². The molecule has 0 aliphatic rings. The van der Waals surface area contributed by atoms with E-state index in [0.29, 0.717) is 12.3 Å². The predicted octanol–water partition coefficient (Wildman–Crippen LogP) is 2.34. The Hall–Kier alpha value is -1.97. The highest BCUT2D eigenvalue weighted by atomic mass is 16.3. The molecule has 1 heterocycles. The van der Waals surface area contributed by atoms with Crippen LogP contribution in [0.3, 0.4) is 0 Å². The van der Waals surface area contributed by atoms with Gasteiger partial charge in [-0.3, -0.25) is 5.10 Å². The third-order valence-corrected chi connectivity index (χ3v) is 2.66. The molecular formula is C12H15N3O. The molecule has 1 aromatic carbocycles. The molecule has 0 unspecified atom stereocenters. The number of phenolic OH excluding ortho intramolecular Hbond substituents is 1. The molecule has 0 bridgehead atoms. The van der Waals surface area contributed by atoms with Crippen molar-refractivity contribution in [2.24, 2.45) is 0 Å². The van der Waals surface area contributed by atoms with E-state index in [1.54, 1.807) is 6.20 Å². The van der Waals surface area contributed by atoms with Gasteiger partial charge in [0.1, 0.15) is 5.75 Å². The average molecular weight is 217 g/mol. The Balaban J connectivity index is 2.13. The number of anilines is 1. The lowest BCUT2D eigenvalue weighted by atomic mass is 10.1. The van der Waals surface area contributed by atoms with Crippen molar-refractivity contribution in [2.75, 3.05) is 5.32 Å². The molecule has 0 aliphatic carbocycles. The zero-order chi connectivity index (χ0) is 11.5. The van der Waals surface area contributed by atoms with Crippen LogP contribution in [0.2, 0.25) is 0 Å². The van der Waals surface area contributed by atoms with E-state index in [1.807, 2.05) is 32.0 Å². The maximum absolute atomic E-state index is 9.78. The van der Waals surface area contributed by atoms with Gasteiger partial charge < -0.3 is 10.4 Å². The molecule has 0 fully saturated rings. The van der Waals surface area contributed by atoms with Gasteiger partial charge in [0.2, 0.25) is 0 Å². The second-order valence-electron chi connectivity index (χ2n) is 3.84. The number of H-pyrrole nitrogens is 1. The molecule has 0 saturated carbocycles. The van der Waals surface area contributed by atoms with Crippen molar-refractivity contribution in [3.05, 3.63) is 41.2 Å². The lowest BCUT2D eigenvalue weighted by Gasteiger charge is -2.11. The van der Waals surface area contributed by atoms with Crippen molar-refractivity contribution in [2.45, 2.75) is 20.4 Å². The van der Waals surface area contributed by atoms with Crippen molar-refractivity contribution in [3.63, 3.8) is 0 Å². The Labute approximate surface area is 94.3 Å².